The Morgan fingerprint density at radius 3 is 2.53 bits per heavy atom. The third-order valence-electron chi connectivity index (χ3n) is 6.62. The molecule has 1 amide bonds. The van der Waals surface area contributed by atoms with E-state index in [0.717, 1.165) is 35.2 Å². The number of imidazole rings is 1. The van der Waals surface area contributed by atoms with Gasteiger partial charge in [0.05, 0.1) is 31.3 Å². The normalized spacial score (nSPS) is 13.8. The summed E-state index contributed by atoms with van der Waals surface area (Å²) in [5.74, 6) is 1.72. The molecule has 0 atom stereocenters. The first-order chi connectivity index (χ1) is 18.6. The van der Waals surface area contributed by atoms with Gasteiger partial charge >= 0.3 is 11.8 Å². The SMILES string of the molecule is CCOc1ccc2c(c1)n(C1CCOCC1)c(=O)n2Cc1ccc(NC(=O)Oc2ccccc2)cc1OC. The van der Waals surface area contributed by atoms with Crippen molar-refractivity contribution in [2.45, 2.75) is 32.4 Å². The minimum Gasteiger partial charge on any atom is -0.496 e. The number of amides is 1. The number of nitrogens with one attached hydrogen (secondary N) is 1. The molecule has 0 unspecified atom stereocenters. The molecule has 9 nitrogen and oxygen atoms in total. The molecule has 0 saturated carbocycles. The van der Waals surface area contributed by atoms with Crippen LogP contribution in [0, 0.1) is 0 Å². The van der Waals surface area contributed by atoms with Gasteiger partial charge in [-0.25, -0.2) is 9.59 Å². The Balaban J connectivity index is 1.44. The van der Waals surface area contributed by atoms with E-state index in [1.54, 1.807) is 48.1 Å². The van der Waals surface area contributed by atoms with Crippen LogP contribution < -0.4 is 25.2 Å². The number of benzene rings is 3. The first-order valence-corrected chi connectivity index (χ1v) is 12.7. The Morgan fingerprint density at radius 2 is 1.79 bits per heavy atom. The molecule has 38 heavy (non-hydrogen) atoms. The van der Waals surface area contributed by atoms with Crippen molar-refractivity contribution in [3.8, 4) is 17.2 Å². The molecule has 1 N–H and O–H groups in total. The maximum Gasteiger partial charge on any atom is 0.417 e. The Hall–Kier alpha value is -4.24. The Kier molecular flexibility index (Phi) is 7.65. The zero-order valence-corrected chi connectivity index (χ0v) is 21.5. The van der Waals surface area contributed by atoms with Crippen LogP contribution in [0.3, 0.4) is 0 Å². The van der Waals surface area contributed by atoms with Gasteiger partial charge in [-0.15, -0.1) is 0 Å². The molecule has 1 aliphatic rings. The number of methoxy groups -OCH3 is 1. The molecule has 2 heterocycles. The van der Waals surface area contributed by atoms with Crippen LogP contribution in [0.2, 0.25) is 0 Å². The molecule has 0 radical (unpaired) electrons. The van der Waals surface area contributed by atoms with E-state index in [4.69, 9.17) is 18.9 Å². The highest BCUT2D eigenvalue weighted by Crippen LogP contribution is 2.30. The van der Waals surface area contributed by atoms with E-state index in [2.05, 4.69) is 5.32 Å². The summed E-state index contributed by atoms with van der Waals surface area (Å²) < 4.78 is 25.8. The number of fused-ring (bicyclic) bond motifs is 1. The van der Waals surface area contributed by atoms with E-state index in [-0.39, 0.29) is 11.7 Å². The van der Waals surface area contributed by atoms with E-state index in [1.807, 2.05) is 41.8 Å². The van der Waals surface area contributed by atoms with Crippen LogP contribution in [0.15, 0.2) is 71.5 Å². The number of anilines is 1. The molecule has 0 bridgehead atoms. The van der Waals surface area contributed by atoms with Gasteiger partial charge in [0.15, 0.2) is 0 Å². The summed E-state index contributed by atoms with van der Waals surface area (Å²) in [5, 5.41) is 2.72. The second-order valence-electron chi connectivity index (χ2n) is 9.02. The Morgan fingerprint density at radius 1 is 1.00 bits per heavy atom. The quantitative estimate of drug-likeness (QED) is 0.344. The van der Waals surface area contributed by atoms with Gasteiger partial charge in [-0.05, 0) is 50.1 Å². The summed E-state index contributed by atoms with van der Waals surface area (Å²) in [7, 11) is 1.56. The van der Waals surface area contributed by atoms with Crippen LogP contribution in [-0.4, -0.2) is 42.2 Å². The predicted molar refractivity (Wildman–Crippen MR) is 145 cm³/mol. The molecule has 0 spiro atoms. The first kappa shape index (κ1) is 25.4. The fourth-order valence-corrected chi connectivity index (χ4v) is 4.83. The fourth-order valence-electron chi connectivity index (χ4n) is 4.83. The van der Waals surface area contributed by atoms with Gasteiger partial charge < -0.3 is 18.9 Å². The molecule has 9 heteroatoms. The summed E-state index contributed by atoms with van der Waals surface area (Å²) >= 11 is 0. The summed E-state index contributed by atoms with van der Waals surface area (Å²) in [5.41, 5.74) is 2.90. The lowest BCUT2D eigenvalue weighted by Crippen LogP contribution is -2.31. The van der Waals surface area contributed by atoms with Crippen LogP contribution in [0.25, 0.3) is 11.0 Å². The van der Waals surface area contributed by atoms with Gasteiger partial charge in [-0.2, -0.15) is 0 Å². The van der Waals surface area contributed by atoms with Crippen LogP contribution in [-0.2, 0) is 11.3 Å². The van der Waals surface area contributed by atoms with Gasteiger partial charge in [0.1, 0.15) is 17.2 Å². The van der Waals surface area contributed by atoms with Crippen LogP contribution in [0.1, 0.15) is 31.4 Å². The summed E-state index contributed by atoms with van der Waals surface area (Å²) in [6, 6.07) is 20.0. The van der Waals surface area contributed by atoms with E-state index >= 15 is 0 Å². The van der Waals surface area contributed by atoms with Gasteiger partial charge in [-0.1, -0.05) is 24.3 Å². The lowest BCUT2D eigenvalue weighted by atomic mass is 10.1. The standard InChI is InChI=1S/C29H31N3O6/c1-3-37-24-11-12-25-26(18-24)32(22-13-15-36-16-14-22)29(34)31(25)19-20-9-10-21(17-27(20)35-2)30-28(33)38-23-7-5-4-6-8-23/h4-12,17-18,22H,3,13-16,19H2,1-2H3,(H,30,33). The number of aromatic nitrogens is 2. The van der Waals surface area contributed by atoms with Gasteiger partial charge in [-0.3, -0.25) is 14.5 Å². The summed E-state index contributed by atoms with van der Waals surface area (Å²) in [4.78, 5) is 26.1. The van der Waals surface area contributed by atoms with Crippen molar-refractivity contribution >= 4 is 22.8 Å². The number of para-hydroxylation sites is 1. The maximum absolute atomic E-state index is 13.8. The highest BCUT2D eigenvalue weighted by molar-refractivity contribution is 5.86. The number of ether oxygens (including phenoxy) is 4. The molecule has 198 valence electrons. The zero-order chi connectivity index (χ0) is 26.5. The fraction of sp³-hybridized carbons (Fsp3) is 0.310. The molecule has 3 aromatic carbocycles. The number of carbonyl (C=O) groups excluding carboxylic acids is 1. The van der Waals surface area contributed by atoms with Crippen molar-refractivity contribution < 1.29 is 23.7 Å². The molecule has 5 rings (SSSR count). The second kappa shape index (κ2) is 11.4. The molecule has 1 aromatic heterocycles. The van der Waals surface area contributed by atoms with Crippen molar-refractivity contribution in [1.29, 1.82) is 0 Å². The summed E-state index contributed by atoms with van der Waals surface area (Å²) in [6.07, 6.45) is 0.952. The second-order valence-corrected chi connectivity index (χ2v) is 9.02. The summed E-state index contributed by atoms with van der Waals surface area (Å²) in [6.45, 7) is 4.04. The molecule has 1 fully saturated rings. The van der Waals surface area contributed by atoms with E-state index in [0.29, 0.717) is 43.6 Å². The Bertz CT molecular complexity index is 1470. The molecule has 1 saturated heterocycles. The van der Waals surface area contributed by atoms with Crippen LogP contribution >= 0.6 is 0 Å². The largest absolute Gasteiger partial charge is 0.496 e. The molecular weight excluding hydrogens is 486 g/mol. The molecule has 4 aromatic rings. The van der Waals surface area contributed by atoms with Crippen molar-refractivity contribution in [1.82, 2.24) is 9.13 Å². The molecular formula is C29H31N3O6. The van der Waals surface area contributed by atoms with E-state index in [9.17, 15) is 9.59 Å². The van der Waals surface area contributed by atoms with Gasteiger partial charge in [0.25, 0.3) is 0 Å². The lowest BCUT2D eigenvalue weighted by Gasteiger charge is -2.23. The third kappa shape index (κ3) is 5.38. The topological polar surface area (TPSA) is 93.0 Å². The monoisotopic (exact) mass is 517 g/mol. The number of hydrogen-bond donors (Lipinski definition) is 1. The number of carbonyl (C=O) groups is 1. The van der Waals surface area contributed by atoms with Crippen molar-refractivity contribution in [3.63, 3.8) is 0 Å². The maximum atomic E-state index is 13.8. The van der Waals surface area contributed by atoms with Crippen molar-refractivity contribution in [2.75, 3.05) is 32.2 Å². The van der Waals surface area contributed by atoms with E-state index < -0.39 is 6.09 Å². The molecule has 0 aliphatic carbocycles. The predicted octanol–water partition coefficient (Wildman–Crippen LogP) is 5.22. The first-order valence-electron chi connectivity index (χ1n) is 12.7. The van der Waals surface area contributed by atoms with Gasteiger partial charge in [0, 0.05) is 42.6 Å². The van der Waals surface area contributed by atoms with Crippen LogP contribution in [0.5, 0.6) is 17.2 Å². The van der Waals surface area contributed by atoms with Crippen molar-refractivity contribution in [2.24, 2.45) is 0 Å². The minimum absolute atomic E-state index is 0.0565. The highest BCUT2D eigenvalue weighted by atomic mass is 16.6. The minimum atomic E-state index is -0.605. The van der Waals surface area contributed by atoms with E-state index in [1.165, 1.54) is 0 Å². The smallest absolute Gasteiger partial charge is 0.417 e. The average molecular weight is 518 g/mol. The van der Waals surface area contributed by atoms with Gasteiger partial charge in [0.2, 0.25) is 0 Å². The highest BCUT2D eigenvalue weighted by Gasteiger charge is 2.24. The third-order valence-corrected chi connectivity index (χ3v) is 6.62. The Labute approximate surface area is 220 Å². The number of rotatable bonds is 8. The molecule has 1 aliphatic heterocycles. The average Bonchev–Trinajstić information content (AvgIpc) is 3.20. The lowest BCUT2D eigenvalue weighted by molar-refractivity contribution is 0.0696. The zero-order valence-electron chi connectivity index (χ0n) is 21.5. The number of hydrogen-bond acceptors (Lipinski definition) is 6. The van der Waals surface area contributed by atoms with Crippen LogP contribution in [0.4, 0.5) is 10.5 Å². The van der Waals surface area contributed by atoms with Crippen molar-refractivity contribution in [3.05, 3.63) is 82.8 Å². The number of nitrogens with zero attached hydrogens (tertiary/aromatic N) is 2.